The Kier molecular flexibility index (Phi) is 9.40. The van der Waals surface area contributed by atoms with E-state index >= 15 is 0 Å². The number of amides is 3. The number of aliphatic hydroxyl groups excluding tert-OH is 1. The van der Waals surface area contributed by atoms with Gasteiger partial charge in [0.05, 0.1) is 22.9 Å². The van der Waals surface area contributed by atoms with Gasteiger partial charge in [-0.25, -0.2) is 0 Å². The number of nitrogens with zero attached hydrogens (tertiary/aromatic N) is 2. The Labute approximate surface area is 222 Å². The number of likely N-dealkylation sites (tertiary alicyclic amines) is 1. The van der Waals surface area contributed by atoms with Crippen molar-refractivity contribution in [3.8, 4) is 23.6 Å². The number of H-pyrrole nitrogens is 1. The molecular formula is C27H35N5O4S. The molecule has 2 heterocycles. The lowest BCUT2D eigenvalue weighted by molar-refractivity contribution is -0.144. The molecule has 3 amide bonds. The van der Waals surface area contributed by atoms with E-state index in [9.17, 15) is 19.5 Å². The smallest absolute Gasteiger partial charge is 0.246 e. The molecule has 1 aromatic carbocycles. The molecule has 10 heteroatoms. The highest BCUT2D eigenvalue weighted by Crippen LogP contribution is 2.28. The molecule has 3 atom stereocenters. The summed E-state index contributed by atoms with van der Waals surface area (Å²) in [7, 11) is 0. The zero-order valence-corrected chi connectivity index (χ0v) is 22.5. The molecule has 0 radical (unpaired) electrons. The molecule has 4 N–H and O–H groups in total. The third-order valence-electron chi connectivity index (χ3n) is 6.31. The Morgan fingerprint density at radius 1 is 1.30 bits per heavy atom. The van der Waals surface area contributed by atoms with E-state index in [1.165, 1.54) is 4.90 Å². The summed E-state index contributed by atoms with van der Waals surface area (Å²) >= 11 is 1.61. The maximum absolute atomic E-state index is 13.5. The minimum atomic E-state index is -0.862. The monoisotopic (exact) mass is 525 g/mol. The van der Waals surface area contributed by atoms with E-state index in [1.54, 1.807) is 18.0 Å². The molecule has 9 nitrogen and oxygen atoms in total. The molecule has 2 aromatic rings. The van der Waals surface area contributed by atoms with E-state index in [4.69, 9.17) is 6.42 Å². The van der Waals surface area contributed by atoms with Crippen LogP contribution in [0.5, 0.6) is 0 Å². The Balaban J connectivity index is 1.67. The first kappa shape index (κ1) is 28.3. The SMILES string of the molecule is C#CCCC(=O)N[C@H](C(=O)N1C[C@@H](O)C[C@H]1C(=O)NCc1ccc(-c2[nH]ncc2SC)cc1)C(C)(C)C. The number of carbonyl (C=O) groups is 3. The van der Waals surface area contributed by atoms with Gasteiger partial charge in [-0.3, -0.25) is 19.5 Å². The fourth-order valence-electron chi connectivity index (χ4n) is 4.27. The van der Waals surface area contributed by atoms with Crippen molar-refractivity contribution in [2.45, 2.75) is 69.7 Å². The Morgan fingerprint density at radius 3 is 2.62 bits per heavy atom. The van der Waals surface area contributed by atoms with E-state index in [2.05, 4.69) is 26.8 Å². The quantitative estimate of drug-likeness (QED) is 0.294. The number of aliphatic hydroxyl groups is 1. The van der Waals surface area contributed by atoms with Gasteiger partial charge in [0.1, 0.15) is 12.1 Å². The summed E-state index contributed by atoms with van der Waals surface area (Å²) < 4.78 is 0. The lowest BCUT2D eigenvalue weighted by Crippen LogP contribution is -2.57. The molecule has 0 saturated carbocycles. The van der Waals surface area contributed by atoms with Crippen molar-refractivity contribution in [3.63, 3.8) is 0 Å². The lowest BCUT2D eigenvalue weighted by Gasteiger charge is -2.35. The normalized spacial score (nSPS) is 18.2. The van der Waals surface area contributed by atoms with Crippen LogP contribution in [0, 0.1) is 17.8 Å². The average Bonchev–Trinajstić information content (AvgIpc) is 3.50. The first-order valence-electron chi connectivity index (χ1n) is 12.2. The zero-order chi connectivity index (χ0) is 27.2. The van der Waals surface area contributed by atoms with E-state index < -0.39 is 29.5 Å². The topological polar surface area (TPSA) is 127 Å². The number of thioether (sulfide) groups is 1. The second-order valence-electron chi connectivity index (χ2n) is 10.2. The number of aromatic nitrogens is 2. The van der Waals surface area contributed by atoms with Gasteiger partial charge < -0.3 is 20.6 Å². The van der Waals surface area contributed by atoms with Crippen LogP contribution >= 0.6 is 11.8 Å². The minimum Gasteiger partial charge on any atom is -0.391 e. The van der Waals surface area contributed by atoms with Crippen LogP contribution < -0.4 is 10.6 Å². The third kappa shape index (κ3) is 7.14. The number of rotatable bonds is 9. The molecule has 0 aliphatic carbocycles. The standard InChI is InChI=1S/C27H35N5O4S/c1-6-7-8-22(34)30-24(27(2,3)4)26(36)32-16-19(33)13-20(32)25(35)28-14-17-9-11-18(12-10-17)23-21(37-5)15-29-31-23/h1,9-12,15,19-20,24,33H,7-8,13-14,16H2,2-5H3,(H,28,35)(H,29,31)(H,30,34)/t19-,20-,24+/m0/s1. The first-order chi connectivity index (χ1) is 17.5. The van der Waals surface area contributed by atoms with Crippen LogP contribution in [0.4, 0.5) is 0 Å². The van der Waals surface area contributed by atoms with E-state index in [0.717, 1.165) is 21.7 Å². The Morgan fingerprint density at radius 2 is 2.00 bits per heavy atom. The maximum atomic E-state index is 13.5. The second-order valence-corrected chi connectivity index (χ2v) is 11.0. The maximum Gasteiger partial charge on any atom is 0.246 e. The number of terminal acetylenes is 1. The molecule has 198 valence electrons. The van der Waals surface area contributed by atoms with Gasteiger partial charge in [-0.05, 0) is 17.2 Å². The molecule has 1 aliphatic rings. The molecule has 3 rings (SSSR count). The highest BCUT2D eigenvalue weighted by molar-refractivity contribution is 7.98. The van der Waals surface area contributed by atoms with Crippen molar-refractivity contribution in [2.24, 2.45) is 5.41 Å². The van der Waals surface area contributed by atoms with Gasteiger partial charge in [0.2, 0.25) is 17.7 Å². The molecule has 37 heavy (non-hydrogen) atoms. The number of β-amino-alcohol motifs (C(OH)–C–C–N with tert-alkyl or cyclic N) is 1. The van der Waals surface area contributed by atoms with Crippen LogP contribution in [0.2, 0.25) is 0 Å². The van der Waals surface area contributed by atoms with Gasteiger partial charge in [0, 0.05) is 37.9 Å². The van der Waals surface area contributed by atoms with Crippen LogP contribution in [0.25, 0.3) is 11.3 Å². The van der Waals surface area contributed by atoms with Crippen molar-refractivity contribution in [1.82, 2.24) is 25.7 Å². The summed E-state index contributed by atoms with van der Waals surface area (Å²) in [6, 6.07) is 6.08. The lowest BCUT2D eigenvalue weighted by atomic mass is 9.85. The van der Waals surface area contributed by atoms with Gasteiger partial charge in [-0.1, -0.05) is 45.0 Å². The van der Waals surface area contributed by atoms with Crippen molar-refractivity contribution in [1.29, 1.82) is 0 Å². The molecule has 1 aliphatic heterocycles. The molecule has 1 saturated heterocycles. The predicted molar refractivity (Wildman–Crippen MR) is 143 cm³/mol. The Hall–Kier alpha value is -3.29. The second kappa shape index (κ2) is 12.3. The van der Waals surface area contributed by atoms with Crippen LogP contribution in [0.15, 0.2) is 35.4 Å². The van der Waals surface area contributed by atoms with Gasteiger partial charge >= 0.3 is 0 Å². The van der Waals surface area contributed by atoms with Crippen LogP contribution in [0.1, 0.15) is 45.6 Å². The number of aromatic amines is 1. The summed E-state index contributed by atoms with van der Waals surface area (Å²) in [5.74, 6) is 1.35. The van der Waals surface area contributed by atoms with E-state index in [0.29, 0.717) is 0 Å². The Bertz CT molecular complexity index is 1150. The van der Waals surface area contributed by atoms with Crippen molar-refractivity contribution < 1.29 is 19.5 Å². The van der Waals surface area contributed by atoms with Gasteiger partial charge in [-0.2, -0.15) is 5.10 Å². The number of hydrogen-bond donors (Lipinski definition) is 4. The molecule has 0 unspecified atom stereocenters. The van der Waals surface area contributed by atoms with Crippen molar-refractivity contribution >= 4 is 29.5 Å². The molecule has 1 aromatic heterocycles. The van der Waals surface area contributed by atoms with Crippen LogP contribution in [-0.4, -0.2) is 68.9 Å². The summed E-state index contributed by atoms with van der Waals surface area (Å²) in [4.78, 5) is 41.4. The number of nitrogens with one attached hydrogen (secondary N) is 3. The summed E-state index contributed by atoms with van der Waals surface area (Å²) in [6.45, 7) is 5.83. The zero-order valence-electron chi connectivity index (χ0n) is 21.7. The summed E-state index contributed by atoms with van der Waals surface area (Å²) in [5, 5.41) is 23.1. The third-order valence-corrected chi connectivity index (χ3v) is 7.06. The fraction of sp³-hybridized carbons (Fsp3) is 0.481. The summed E-state index contributed by atoms with van der Waals surface area (Å²) in [5.41, 5.74) is 2.22. The minimum absolute atomic E-state index is 0.0282. The van der Waals surface area contributed by atoms with E-state index in [1.807, 2.05) is 51.3 Å². The van der Waals surface area contributed by atoms with Gasteiger partial charge in [-0.15, -0.1) is 24.1 Å². The van der Waals surface area contributed by atoms with Crippen LogP contribution in [0.3, 0.4) is 0 Å². The summed E-state index contributed by atoms with van der Waals surface area (Å²) in [6.07, 6.45) is 8.71. The molecule has 1 fully saturated rings. The number of carbonyl (C=O) groups excluding carboxylic acids is 3. The fourth-order valence-corrected chi connectivity index (χ4v) is 4.80. The predicted octanol–water partition coefficient (Wildman–Crippen LogP) is 2.32. The van der Waals surface area contributed by atoms with Crippen LogP contribution in [-0.2, 0) is 20.9 Å². The molecule has 0 spiro atoms. The van der Waals surface area contributed by atoms with Gasteiger partial charge in [0.15, 0.2) is 0 Å². The number of benzene rings is 1. The largest absolute Gasteiger partial charge is 0.391 e. The van der Waals surface area contributed by atoms with Gasteiger partial charge in [0.25, 0.3) is 0 Å². The highest BCUT2D eigenvalue weighted by Gasteiger charge is 2.44. The molecule has 0 bridgehead atoms. The average molecular weight is 526 g/mol. The first-order valence-corrected chi connectivity index (χ1v) is 13.4. The van der Waals surface area contributed by atoms with E-state index in [-0.39, 0.29) is 44.2 Å². The number of hydrogen-bond acceptors (Lipinski definition) is 6. The van der Waals surface area contributed by atoms with Crippen molar-refractivity contribution in [2.75, 3.05) is 12.8 Å². The van der Waals surface area contributed by atoms with Crippen molar-refractivity contribution in [3.05, 3.63) is 36.0 Å². The highest BCUT2D eigenvalue weighted by atomic mass is 32.2. The molecular weight excluding hydrogens is 490 g/mol.